The number of nitrogens with zero attached hydrogens (tertiary/aromatic N) is 4. The third-order valence-electron chi connectivity index (χ3n) is 4.79. The van der Waals surface area contributed by atoms with Gasteiger partial charge in [-0.05, 0) is 31.0 Å². The summed E-state index contributed by atoms with van der Waals surface area (Å²) in [5.74, 6) is 0.460. The summed E-state index contributed by atoms with van der Waals surface area (Å²) in [6.45, 7) is 4.54. The van der Waals surface area contributed by atoms with Crippen LogP contribution in [0.15, 0.2) is 67.3 Å². The number of ether oxygens (including phenoxy) is 1. The van der Waals surface area contributed by atoms with E-state index in [0.29, 0.717) is 31.3 Å². The highest BCUT2D eigenvalue weighted by atomic mass is 16.5. The maximum Gasteiger partial charge on any atom is 0.272 e. The molecule has 0 fully saturated rings. The number of carbonyl (C=O) groups is 1. The lowest BCUT2D eigenvalue weighted by atomic mass is 10.2. The molecule has 0 atom stereocenters. The van der Waals surface area contributed by atoms with Crippen molar-refractivity contribution in [3.8, 4) is 11.5 Å². The van der Waals surface area contributed by atoms with Crippen LogP contribution in [0.3, 0.4) is 0 Å². The van der Waals surface area contributed by atoms with Crippen LogP contribution in [0.4, 0.5) is 0 Å². The Kier molecular flexibility index (Phi) is 6.20. The molecule has 1 aromatic carbocycles. The molecule has 0 spiro atoms. The molecule has 154 valence electrons. The summed E-state index contributed by atoms with van der Waals surface area (Å²) in [5, 5.41) is 2.93. The first kappa shape index (κ1) is 19.8. The fraction of sp³-hybridized carbons (Fsp3) is 0.261. The summed E-state index contributed by atoms with van der Waals surface area (Å²) >= 11 is 0. The number of pyridine rings is 1. The zero-order valence-electron chi connectivity index (χ0n) is 17.0. The Morgan fingerprint density at radius 3 is 2.80 bits per heavy atom. The quantitative estimate of drug-likeness (QED) is 0.435. The minimum Gasteiger partial charge on any atom is -0.382 e. The van der Waals surface area contributed by atoms with Crippen molar-refractivity contribution in [1.82, 2.24) is 24.3 Å². The van der Waals surface area contributed by atoms with Crippen LogP contribution in [-0.4, -0.2) is 44.6 Å². The second kappa shape index (κ2) is 9.37. The van der Waals surface area contributed by atoms with Crippen LogP contribution in [0.2, 0.25) is 0 Å². The lowest BCUT2D eigenvalue weighted by molar-refractivity contribution is 0.0941. The summed E-state index contributed by atoms with van der Waals surface area (Å²) < 4.78 is 9.24. The molecule has 0 radical (unpaired) electrons. The highest BCUT2D eigenvalue weighted by Gasteiger charge is 2.19. The first-order valence-electron chi connectivity index (χ1n) is 10.2. The first-order valence-corrected chi connectivity index (χ1v) is 10.2. The number of fused-ring (bicyclic) bond motifs is 1. The third kappa shape index (κ3) is 4.41. The minimum absolute atomic E-state index is 0.190. The van der Waals surface area contributed by atoms with Crippen molar-refractivity contribution in [2.24, 2.45) is 0 Å². The van der Waals surface area contributed by atoms with Crippen molar-refractivity contribution in [3.63, 3.8) is 0 Å². The van der Waals surface area contributed by atoms with Gasteiger partial charge in [-0.25, -0.2) is 9.97 Å². The van der Waals surface area contributed by atoms with Gasteiger partial charge in [-0.1, -0.05) is 36.4 Å². The van der Waals surface area contributed by atoms with Gasteiger partial charge in [0, 0.05) is 38.7 Å². The molecule has 4 aromatic rings. The monoisotopic (exact) mass is 403 g/mol. The molecular weight excluding hydrogens is 378 g/mol. The van der Waals surface area contributed by atoms with Crippen molar-refractivity contribution in [1.29, 1.82) is 0 Å². The van der Waals surface area contributed by atoms with E-state index in [-0.39, 0.29) is 5.91 Å². The minimum atomic E-state index is -0.190. The standard InChI is InChI=1S/C23H25N5O2/c1-2-30-14-8-12-24-23(29)21-20-11-6-7-13-28(20)22(26-21)19-16-27(17-25-19)15-18-9-4-3-5-10-18/h3-7,9-11,13,16-17H,2,8,12,14-15H2,1H3,(H,24,29). The normalized spacial score (nSPS) is 11.1. The molecular formula is C23H25N5O2. The average molecular weight is 403 g/mol. The number of benzene rings is 1. The van der Waals surface area contributed by atoms with Gasteiger partial charge in [0.05, 0.1) is 11.8 Å². The molecule has 0 aliphatic heterocycles. The number of imidazole rings is 2. The molecule has 0 unspecified atom stereocenters. The molecule has 3 heterocycles. The van der Waals surface area contributed by atoms with E-state index in [2.05, 4.69) is 27.4 Å². The Bertz CT molecular complexity index is 1120. The van der Waals surface area contributed by atoms with Crippen LogP contribution >= 0.6 is 0 Å². The van der Waals surface area contributed by atoms with E-state index >= 15 is 0 Å². The molecule has 0 saturated heterocycles. The van der Waals surface area contributed by atoms with Crippen molar-refractivity contribution < 1.29 is 9.53 Å². The Labute approximate surface area is 175 Å². The van der Waals surface area contributed by atoms with Gasteiger partial charge in [0.25, 0.3) is 5.91 Å². The molecule has 7 heteroatoms. The molecule has 0 saturated carbocycles. The molecule has 1 N–H and O–H groups in total. The molecule has 1 amide bonds. The number of carbonyl (C=O) groups excluding carboxylic acids is 1. The average Bonchev–Trinajstić information content (AvgIpc) is 3.39. The first-order chi connectivity index (χ1) is 14.8. The third-order valence-corrected chi connectivity index (χ3v) is 4.79. The highest BCUT2D eigenvalue weighted by Crippen LogP contribution is 2.22. The maximum atomic E-state index is 12.7. The Hall–Kier alpha value is -3.45. The zero-order valence-corrected chi connectivity index (χ0v) is 17.0. The molecule has 3 aromatic heterocycles. The van der Waals surface area contributed by atoms with Gasteiger partial charge in [0.2, 0.25) is 0 Å². The van der Waals surface area contributed by atoms with Crippen molar-refractivity contribution in [2.75, 3.05) is 19.8 Å². The van der Waals surface area contributed by atoms with Crippen LogP contribution in [0.5, 0.6) is 0 Å². The predicted octanol–water partition coefficient (Wildman–Crippen LogP) is 3.40. The Balaban J connectivity index is 1.56. The lowest BCUT2D eigenvalue weighted by Gasteiger charge is -2.03. The predicted molar refractivity (Wildman–Crippen MR) is 115 cm³/mol. The van der Waals surface area contributed by atoms with E-state index in [4.69, 9.17) is 4.74 Å². The van der Waals surface area contributed by atoms with Gasteiger partial charge in [0.15, 0.2) is 11.5 Å². The molecule has 7 nitrogen and oxygen atoms in total. The van der Waals surface area contributed by atoms with Crippen LogP contribution in [0.25, 0.3) is 17.0 Å². The second-order valence-corrected chi connectivity index (χ2v) is 6.96. The molecule has 0 aliphatic rings. The summed E-state index contributed by atoms with van der Waals surface area (Å²) in [6.07, 6.45) is 6.42. The van der Waals surface area contributed by atoms with E-state index < -0.39 is 0 Å². The van der Waals surface area contributed by atoms with E-state index in [0.717, 1.165) is 24.2 Å². The summed E-state index contributed by atoms with van der Waals surface area (Å²) in [5.41, 5.74) is 3.08. The number of amides is 1. The fourth-order valence-electron chi connectivity index (χ4n) is 3.35. The van der Waals surface area contributed by atoms with E-state index in [1.165, 1.54) is 5.56 Å². The molecule has 4 rings (SSSR count). The van der Waals surface area contributed by atoms with Gasteiger partial charge < -0.3 is 14.6 Å². The van der Waals surface area contributed by atoms with Crippen LogP contribution in [0.1, 0.15) is 29.4 Å². The second-order valence-electron chi connectivity index (χ2n) is 6.96. The molecule has 30 heavy (non-hydrogen) atoms. The largest absolute Gasteiger partial charge is 0.382 e. The molecule has 0 bridgehead atoms. The Morgan fingerprint density at radius 2 is 1.97 bits per heavy atom. The van der Waals surface area contributed by atoms with Gasteiger partial charge in [-0.15, -0.1) is 0 Å². The number of nitrogens with one attached hydrogen (secondary N) is 1. The number of aromatic nitrogens is 4. The maximum absolute atomic E-state index is 12.7. The van der Waals surface area contributed by atoms with E-state index in [9.17, 15) is 4.79 Å². The van der Waals surface area contributed by atoms with Gasteiger partial charge in [-0.3, -0.25) is 9.20 Å². The zero-order chi connectivity index (χ0) is 20.8. The summed E-state index contributed by atoms with van der Waals surface area (Å²) in [7, 11) is 0. The van der Waals surface area contributed by atoms with Gasteiger partial charge >= 0.3 is 0 Å². The Morgan fingerprint density at radius 1 is 1.13 bits per heavy atom. The fourth-order valence-corrected chi connectivity index (χ4v) is 3.35. The van der Waals surface area contributed by atoms with E-state index in [1.54, 1.807) is 6.33 Å². The number of rotatable bonds is 9. The van der Waals surface area contributed by atoms with Crippen molar-refractivity contribution in [3.05, 3.63) is 78.5 Å². The smallest absolute Gasteiger partial charge is 0.272 e. The molecule has 0 aliphatic carbocycles. The van der Waals surface area contributed by atoms with Gasteiger partial charge in [0.1, 0.15) is 5.69 Å². The van der Waals surface area contributed by atoms with Crippen molar-refractivity contribution >= 4 is 11.4 Å². The lowest BCUT2D eigenvalue weighted by Crippen LogP contribution is -2.25. The van der Waals surface area contributed by atoms with Crippen LogP contribution < -0.4 is 5.32 Å². The topological polar surface area (TPSA) is 73.4 Å². The SMILES string of the molecule is CCOCCCNC(=O)c1nc(-c2cn(Cc3ccccc3)cn2)n2ccccc12. The van der Waals surface area contributed by atoms with Crippen LogP contribution in [0, 0.1) is 0 Å². The summed E-state index contributed by atoms with van der Waals surface area (Å²) in [6, 6.07) is 15.9. The number of hydrogen-bond donors (Lipinski definition) is 1. The van der Waals surface area contributed by atoms with E-state index in [1.807, 2.05) is 64.7 Å². The van der Waals surface area contributed by atoms with Crippen molar-refractivity contribution in [2.45, 2.75) is 19.9 Å². The summed E-state index contributed by atoms with van der Waals surface area (Å²) in [4.78, 5) is 21.9. The number of hydrogen-bond acceptors (Lipinski definition) is 4. The highest BCUT2D eigenvalue weighted by molar-refractivity contribution is 5.99. The van der Waals surface area contributed by atoms with Gasteiger partial charge in [-0.2, -0.15) is 0 Å². The van der Waals surface area contributed by atoms with Crippen LogP contribution in [-0.2, 0) is 11.3 Å².